The van der Waals surface area contributed by atoms with Crippen molar-refractivity contribution in [1.82, 2.24) is 15.6 Å². The number of nitrogens with zero attached hydrogens (tertiary/aromatic N) is 1. The molecule has 0 spiro atoms. The lowest BCUT2D eigenvalue weighted by molar-refractivity contribution is -0.130. The normalized spacial score (nSPS) is 12.6. The Balaban J connectivity index is 1.96. The maximum absolute atomic E-state index is 12.7. The number of rotatable bonds is 11. The lowest BCUT2D eigenvalue weighted by Crippen LogP contribution is -2.54. The van der Waals surface area contributed by atoms with E-state index in [2.05, 4.69) is 20.9 Å². The Morgan fingerprint density at radius 1 is 1.16 bits per heavy atom. The van der Waals surface area contributed by atoms with E-state index < -0.39 is 24.6 Å². The van der Waals surface area contributed by atoms with Crippen molar-refractivity contribution in [2.45, 2.75) is 32.4 Å². The fourth-order valence-electron chi connectivity index (χ4n) is 2.93. The number of nitrogen functional groups attached to an aromatic ring is 1. The minimum absolute atomic E-state index is 0.101. The van der Waals surface area contributed by atoms with Crippen LogP contribution in [0.15, 0.2) is 48.7 Å². The number of aliphatic hydroxyl groups is 1. The number of benzene rings is 1. The van der Waals surface area contributed by atoms with Gasteiger partial charge in [-0.1, -0.05) is 32.0 Å². The van der Waals surface area contributed by atoms with Gasteiger partial charge in [0.1, 0.15) is 17.9 Å². The van der Waals surface area contributed by atoms with Crippen molar-refractivity contribution in [3.8, 4) is 0 Å². The maximum atomic E-state index is 12.7. The molecule has 0 saturated heterocycles. The fraction of sp³-hybridized carbons (Fsp3) is 0.364. The second-order valence-corrected chi connectivity index (χ2v) is 7.47. The molecule has 2 aromatic rings. The van der Waals surface area contributed by atoms with Gasteiger partial charge in [0.05, 0.1) is 6.61 Å². The third kappa shape index (κ3) is 7.38. The van der Waals surface area contributed by atoms with Gasteiger partial charge in [-0.3, -0.25) is 20.0 Å². The Kier molecular flexibility index (Phi) is 8.95. The Morgan fingerprint density at radius 3 is 2.55 bits per heavy atom. The molecule has 7 N–H and O–H groups in total. The molecule has 0 aliphatic carbocycles. The van der Waals surface area contributed by atoms with Gasteiger partial charge in [0, 0.05) is 36.1 Å². The molecule has 2 atom stereocenters. The molecule has 2 rings (SSSR count). The van der Waals surface area contributed by atoms with Crippen molar-refractivity contribution in [2.75, 3.05) is 18.5 Å². The van der Waals surface area contributed by atoms with Gasteiger partial charge in [-0.05, 0) is 30.2 Å². The molecule has 0 saturated carbocycles. The Labute approximate surface area is 182 Å². The molecule has 31 heavy (non-hydrogen) atoms. The summed E-state index contributed by atoms with van der Waals surface area (Å²) in [4.78, 5) is 29.6. The molecule has 0 radical (unpaired) electrons. The number of amidine groups is 1. The summed E-state index contributed by atoms with van der Waals surface area (Å²) < 4.78 is 0. The summed E-state index contributed by atoms with van der Waals surface area (Å²) in [5.74, 6) is -1.06. The van der Waals surface area contributed by atoms with Gasteiger partial charge in [-0.25, -0.2) is 0 Å². The first kappa shape index (κ1) is 23.8. The van der Waals surface area contributed by atoms with Crippen LogP contribution >= 0.6 is 0 Å². The summed E-state index contributed by atoms with van der Waals surface area (Å²) >= 11 is 0. The largest absolute Gasteiger partial charge is 0.394 e. The van der Waals surface area contributed by atoms with E-state index in [-0.39, 0.29) is 17.7 Å². The quantitative estimate of drug-likeness (QED) is 0.229. The van der Waals surface area contributed by atoms with Crippen LogP contribution < -0.4 is 21.7 Å². The predicted octanol–water partition coefficient (Wildman–Crippen LogP) is 0.638. The zero-order valence-corrected chi connectivity index (χ0v) is 17.8. The van der Waals surface area contributed by atoms with Crippen molar-refractivity contribution in [3.05, 3.63) is 59.9 Å². The zero-order valence-electron chi connectivity index (χ0n) is 17.8. The molecule has 166 valence electrons. The van der Waals surface area contributed by atoms with Crippen LogP contribution in [0.3, 0.4) is 0 Å². The van der Waals surface area contributed by atoms with Gasteiger partial charge in [0.2, 0.25) is 11.8 Å². The van der Waals surface area contributed by atoms with Crippen molar-refractivity contribution in [2.24, 2.45) is 11.7 Å². The highest BCUT2D eigenvalue weighted by molar-refractivity contribution is 5.96. The summed E-state index contributed by atoms with van der Waals surface area (Å²) in [5, 5.41) is 25.7. The Morgan fingerprint density at radius 2 is 1.94 bits per heavy atom. The summed E-state index contributed by atoms with van der Waals surface area (Å²) in [6.07, 6.45) is 2.28. The summed E-state index contributed by atoms with van der Waals surface area (Å²) in [6.45, 7) is 3.60. The number of anilines is 1. The molecule has 1 aromatic carbocycles. The number of aromatic nitrogens is 1. The summed E-state index contributed by atoms with van der Waals surface area (Å²) in [6, 6.07) is 10.6. The van der Waals surface area contributed by atoms with Crippen molar-refractivity contribution < 1.29 is 14.7 Å². The van der Waals surface area contributed by atoms with Crippen LogP contribution in [0.1, 0.15) is 25.1 Å². The van der Waals surface area contributed by atoms with Crippen LogP contribution in [0, 0.1) is 11.3 Å². The van der Waals surface area contributed by atoms with Crippen molar-refractivity contribution in [1.29, 1.82) is 5.41 Å². The van der Waals surface area contributed by atoms with Crippen molar-refractivity contribution >= 4 is 23.3 Å². The standard InChI is InChI=1S/C22H30N6O3/c1-14(2)19(22(31)26-11-9-16-7-3-4-10-25-16)28-21(30)18(13-29)27-17-8-5-6-15(12-17)20(23)24/h3-8,10,12,14,18-19,27,29H,9,11,13H2,1-2H3,(H3,23,24)(H,26,31)(H,28,30). The van der Waals surface area contributed by atoms with E-state index in [1.807, 2.05) is 32.0 Å². The smallest absolute Gasteiger partial charge is 0.245 e. The molecule has 0 fully saturated rings. The lowest BCUT2D eigenvalue weighted by atomic mass is 10.0. The summed E-state index contributed by atoms with van der Waals surface area (Å²) in [7, 11) is 0. The molecular weight excluding hydrogens is 396 g/mol. The van der Waals surface area contributed by atoms with E-state index in [9.17, 15) is 14.7 Å². The number of carbonyl (C=O) groups is 2. The highest BCUT2D eigenvalue weighted by atomic mass is 16.3. The van der Waals surface area contributed by atoms with E-state index in [1.54, 1.807) is 30.5 Å². The third-order valence-electron chi connectivity index (χ3n) is 4.67. The maximum Gasteiger partial charge on any atom is 0.245 e. The van der Waals surface area contributed by atoms with Crippen LogP contribution in [0.25, 0.3) is 0 Å². The molecule has 0 aliphatic rings. The first-order chi connectivity index (χ1) is 14.8. The number of pyridine rings is 1. The topological polar surface area (TPSA) is 153 Å². The van der Waals surface area contributed by atoms with Crippen LogP contribution in [0.2, 0.25) is 0 Å². The average molecular weight is 427 g/mol. The van der Waals surface area contributed by atoms with Crippen LogP contribution in [0.4, 0.5) is 5.69 Å². The minimum atomic E-state index is -0.968. The van der Waals surface area contributed by atoms with E-state index in [1.165, 1.54) is 0 Å². The Hall–Kier alpha value is -3.46. The van der Waals surface area contributed by atoms with Crippen LogP contribution in [-0.2, 0) is 16.0 Å². The molecule has 0 bridgehead atoms. The third-order valence-corrected chi connectivity index (χ3v) is 4.67. The number of aliphatic hydroxyl groups excluding tert-OH is 1. The average Bonchev–Trinajstić information content (AvgIpc) is 2.76. The zero-order chi connectivity index (χ0) is 22.8. The Bertz CT molecular complexity index is 888. The first-order valence-corrected chi connectivity index (χ1v) is 10.1. The predicted molar refractivity (Wildman–Crippen MR) is 120 cm³/mol. The number of hydrogen-bond acceptors (Lipinski definition) is 6. The SMILES string of the molecule is CC(C)C(NC(=O)C(CO)Nc1cccc(C(=N)N)c1)C(=O)NCCc1ccccn1. The van der Waals surface area contributed by atoms with E-state index in [4.69, 9.17) is 11.1 Å². The van der Waals surface area contributed by atoms with Gasteiger partial charge in [0.25, 0.3) is 0 Å². The molecule has 0 aliphatic heterocycles. The highest BCUT2D eigenvalue weighted by Crippen LogP contribution is 2.12. The second-order valence-electron chi connectivity index (χ2n) is 7.47. The van der Waals surface area contributed by atoms with E-state index >= 15 is 0 Å². The molecule has 2 unspecified atom stereocenters. The molecular formula is C22H30N6O3. The number of amides is 2. The fourth-order valence-corrected chi connectivity index (χ4v) is 2.93. The first-order valence-electron chi connectivity index (χ1n) is 10.1. The van der Waals surface area contributed by atoms with Crippen molar-refractivity contribution in [3.63, 3.8) is 0 Å². The highest BCUT2D eigenvalue weighted by Gasteiger charge is 2.27. The minimum Gasteiger partial charge on any atom is -0.394 e. The van der Waals surface area contributed by atoms with E-state index in [0.29, 0.717) is 24.2 Å². The summed E-state index contributed by atoms with van der Waals surface area (Å²) in [5.41, 5.74) is 7.38. The number of carbonyl (C=O) groups excluding carboxylic acids is 2. The second kappa shape index (κ2) is 11.7. The molecule has 1 aromatic heterocycles. The molecule has 9 nitrogen and oxygen atoms in total. The monoisotopic (exact) mass is 426 g/mol. The van der Waals surface area contributed by atoms with Crippen LogP contribution in [-0.4, -0.2) is 53.0 Å². The lowest BCUT2D eigenvalue weighted by Gasteiger charge is -2.25. The number of hydrogen-bond donors (Lipinski definition) is 6. The molecule has 1 heterocycles. The molecule has 2 amide bonds. The molecule has 9 heteroatoms. The van der Waals surface area contributed by atoms with E-state index in [0.717, 1.165) is 5.69 Å². The van der Waals surface area contributed by atoms with Gasteiger partial charge >= 0.3 is 0 Å². The number of nitrogens with two attached hydrogens (primary N) is 1. The number of nitrogens with one attached hydrogen (secondary N) is 4. The van der Waals surface area contributed by atoms with Gasteiger partial charge in [0.15, 0.2) is 0 Å². The van der Waals surface area contributed by atoms with Crippen LogP contribution in [0.5, 0.6) is 0 Å². The van der Waals surface area contributed by atoms with Gasteiger partial charge < -0.3 is 26.8 Å². The van der Waals surface area contributed by atoms with Gasteiger partial charge in [-0.15, -0.1) is 0 Å². The van der Waals surface area contributed by atoms with Gasteiger partial charge in [-0.2, -0.15) is 0 Å².